The molecule has 1 aromatic carbocycles. The third kappa shape index (κ3) is 4.91. The van der Waals surface area contributed by atoms with Crippen LogP contribution in [-0.4, -0.2) is 39.1 Å². The van der Waals surface area contributed by atoms with E-state index in [1.54, 1.807) is 6.92 Å². The highest BCUT2D eigenvalue weighted by atomic mass is 16.4. The van der Waals surface area contributed by atoms with Crippen LogP contribution in [0.15, 0.2) is 35.4 Å². The van der Waals surface area contributed by atoms with Gasteiger partial charge in [0.1, 0.15) is 5.71 Å². The molecule has 140 valence electrons. The van der Waals surface area contributed by atoms with Crippen molar-refractivity contribution in [2.24, 2.45) is 11.0 Å². The van der Waals surface area contributed by atoms with Crippen molar-refractivity contribution in [1.82, 2.24) is 10.3 Å². The molecule has 1 heterocycles. The summed E-state index contributed by atoms with van der Waals surface area (Å²) in [7, 11) is 0. The van der Waals surface area contributed by atoms with Gasteiger partial charge in [-0.05, 0) is 18.4 Å². The predicted molar refractivity (Wildman–Crippen MR) is 97.3 cm³/mol. The molecule has 0 fully saturated rings. The molecule has 0 radical (unpaired) electrons. The van der Waals surface area contributed by atoms with Gasteiger partial charge >= 0.3 is 5.97 Å². The highest BCUT2D eigenvalue weighted by Crippen LogP contribution is 2.22. The fraction of sp³-hybridized carbons (Fsp3) is 0.474. The van der Waals surface area contributed by atoms with Crippen molar-refractivity contribution in [2.45, 2.75) is 52.1 Å². The van der Waals surface area contributed by atoms with Crippen molar-refractivity contribution in [3.05, 3.63) is 35.9 Å². The Labute approximate surface area is 153 Å². The first-order valence-corrected chi connectivity index (χ1v) is 8.67. The molecule has 0 spiro atoms. The van der Waals surface area contributed by atoms with Gasteiger partial charge < -0.3 is 10.4 Å². The van der Waals surface area contributed by atoms with Crippen LogP contribution < -0.4 is 5.32 Å². The van der Waals surface area contributed by atoms with E-state index in [0.29, 0.717) is 6.54 Å². The number of hydrogen-bond donors (Lipinski definition) is 2. The van der Waals surface area contributed by atoms with Gasteiger partial charge in [0, 0.05) is 12.8 Å². The fourth-order valence-electron chi connectivity index (χ4n) is 2.68. The Balaban J connectivity index is 2.15. The minimum atomic E-state index is -0.979. The molecule has 7 heteroatoms. The Hall–Kier alpha value is -2.70. The zero-order valence-electron chi connectivity index (χ0n) is 15.4. The van der Waals surface area contributed by atoms with Crippen LogP contribution in [0.5, 0.6) is 0 Å². The lowest BCUT2D eigenvalue weighted by atomic mass is 9.85. The average Bonchev–Trinajstić information content (AvgIpc) is 2.56. The zero-order chi connectivity index (χ0) is 19.3. The van der Waals surface area contributed by atoms with Gasteiger partial charge in [-0.1, -0.05) is 44.2 Å². The Bertz CT molecular complexity index is 715. The van der Waals surface area contributed by atoms with Crippen LogP contribution in [0.4, 0.5) is 0 Å². The SMILES string of the molecule is CC(C)C(C)(CC(=O)O)NC(=O)C1=NN(Cc2ccccc2)C(=O)CC1. The van der Waals surface area contributed by atoms with E-state index in [0.717, 1.165) is 5.56 Å². The quantitative estimate of drug-likeness (QED) is 0.779. The summed E-state index contributed by atoms with van der Waals surface area (Å²) in [5.41, 5.74) is 0.277. The lowest BCUT2D eigenvalue weighted by molar-refractivity contribution is -0.139. The number of nitrogens with zero attached hydrogens (tertiary/aromatic N) is 2. The maximum Gasteiger partial charge on any atom is 0.305 e. The molecule has 2 amide bonds. The van der Waals surface area contributed by atoms with Crippen molar-refractivity contribution in [1.29, 1.82) is 0 Å². The summed E-state index contributed by atoms with van der Waals surface area (Å²) >= 11 is 0. The molecule has 1 aromatic rings. The molecular formula is C19H25N3O4. The number of carbonyl (C=O) groups is 3. The molecule has 1 aliphatic rings. The second kappa shape index (κ2) is 8.12. The number of nitrogens with one attached hydrogen (secondary N) is 1. The molecule has 0 saturated heterocycles. The summed E-state index contributed by atoms with van der Waals surface area (Å²) in [5.74, 6) is -1.61. The van der Waals surface area contributed by atoms with Crippen molar-refractivity contribution in [2.75, 3.05) is 0 Å². The molecule has 2 rings (SSSR count). The number of hydrogen-bond acceptors (Lipinski definition) is 4. The van der Waals surface area contributed by atoms with E-state index < -0.39 is 17.4 Å². The first-order chi connectivity index (χ1) is 12.2. The van der Waals surface area contributed by atoms with E-state index in [-0.39, 0.29) is 36.8 Å². The molecule has 26 heavy (non-hydrogen) atoms. The summed E-state index contributed by atoms with van der Waals surface area (Å²) in [6, 6.07) is 9.42. The maximum absolute atomic E-state index is 12.6. The van der Waals surface area contributed by atoms with E-state index >= 15 is 0 Å². The molecular weight excluding hydrogens is 334 g/mol. The molecule has 0 aromatic heterocycles. The first kappa shape index (κ1) is 19.6. The van der Waals surface area contributed by atoms with Gasteiger partial charge in [-0.15, -0.1) is 0 Å². The van der Waals surface area contributed by atoms with E-state index in [4.69, 9.17) is 5.11 Å². The molecule has 0 saturated carbocycles. The van der Waals surface area contributed by atoms with Gasteiger partial charge in [0.05, 0.1) is 18.5 Å². The summed E-state index contributed by atoms with van der Waals surface area (Å²) < 4.78 is 0. The van der Waals surface area contributed by atoms with Crippen molar-refractivity contribution < 1.29 is 19.5 Å². The Morgan fingerprint density at radius 1 is 1.27 bits per heavy atom. The number of hydrazone groups is 1. The summed E-state index contributed by atoms with van der Waals surface area (Å²) in [4.78, 5) is 35.9. The van der Waals surface area contributed by atoms with Gasteiger partial charge in [-0.2, -0.15) is 5.10 Å². The number of rotatable bonds is 7. The number of aliphatic carboxylic acids is 1. The molecule has 0 aliphatic carbocycles. The van der Waals surface area contributed by atoms with Crippen LogP contribution in [0, 0.1) is 5.92 Å². The minimum absolute atomic E-state index is 0.0752. The van der Waals surface area contributed by atoms with Crippen molar-refractivity contribution >= 4 is 23.5 Å². The Kier molecular flexibility index (Phi) is 6.13. The van der Waals surface area contributed by atoms with Crippen molar-refractivity contribution in [3.8, 4) is 0 Å². The number of carboxylic acids is 1. The average molecular weight is 359 g/mol. The smallest absolute Gasteiger partial charge is 0.305 e. The second-order valence-corrected chi connectivity index (χ2v) is 7.08. The van der Waals surface area contributed by atoms with Crippen LogP contribution in [-0.2, 0) is 20.9 Å². The number of amides is 2. The first-order valence-electron chi connectivity index (χ1n) is 8.67. The number of carbonyl (C=O) groups excluding carboxylic acids is 2. The van der Waals surface area contributed by atoms with E-state index in [1.165, 1.54) is 5.01 Å². The van der Waals surface area contributed by atoms with Crippen LogP contribution >= 0.6 is 0 Å². The summed E-state index contributed by atoms with van der Waals surface area (Å²) in [5, 5.41) is 17.5. The lowest BCUT2D eigenvalue weighted by Gasteiger charge is -2.34. The Morgan fingerprint density at radius 2 is 1.92 bits per heavy atom. The lowest BCUT2D eigenvalue weighted by Crippen LogP contribution is -2.54. The van der Waals surface area contributed by atoms with E-state index in [2.05, 4.69) is 10.4 Å². The van der Waals surface area contributed by atoms with Crippen LogP contribution in [0.1, 0.15) is 45.6 Å². The third-order valence-corrected chi connectivity index (χ3v) is 4.73. The normalized spacial score (nSPS) is 16.8. The van der Waals surface area contributed by atoms with Crippen molar-refractivity contribution in [3.63, 3.8) is 0 Å². The zero-order valence-corrected chi connectivity index (χ0v) is 15.4. The molecule has 1 atom stereocenters. The molecule has 1 unspecified atom stereocenters. The largest absolute Gasteiger partial charge is 0.481 e. The standard InChI is InChI=1S/C19H25N3O4/c1-13(2)19(3,11-17(24)25)20-18(26)15-9-10-16(23)22(21-15)12-14-7-5-4-6-8-14/h4-8,13H,9-12H2,1-3H3,(H,20,26)(H,24,25). The molecule has 1 aliphatic heterocycles. The van der Waals surface area contributed by atoms with Crippen LogP contribution in [0.25, 0.3) is 0 Å². The molecule has 0 bridgehead atoms. The highest BCUT2D eigenvalue weighted by molar-refractivity contribution is 6.39. The van der Waals surface area contributed by atoms with Crippen LogP contribution in [0.2, 0.25) is 0 Å². The van der Waals surface area contributed by atoms with Gasteiger partial charge in [-0.3, -0.25) is 14.4 Å². The topological polar surface area (TPSA) is 99.1 Å². The Morgan fingerprint density at radius 3 is 2.50 bits per heavy atom. The summed E-state index contributed by atoms with van der Waals surface area (Å²) in [6.07, 6.45) is 0.268. The number of benzene rings is 1. The van der Waals surface area contributed by atoms with Gasteiger partial charge in [0.25, 0.3) is 5.91 Å². The summed E-state index contributed by atoms with van der Waals surface area (Å²) in [6.45, 7) is 5.72. The number of carboxylic acid groups (broad SMARTS) is 1. The van der Waals surface area contributed by atoms with E-state index in [9.17, 15) is 14.4 Å². The minimum Gasteiger partial charge on any atom is -0.481 e. The fourth-order valence-corrected chi connectivity index (χ4v) is 2.68. The van der Waals surface area contributed by atoms with Gasteiger partial charge in [0.2, 0.25) is 5.91 Å². The third-order valence-electron chi connectivity index (χ3n) is 4.73. The second-order valence-electron chi connectivity index (χ2n) is 7.08. The molecule has 2 N–H and O–H groups in total. The molecule has 7 nitrogen and oxygen atoms in total. The van der Waals surface area contributed by atoms with E-state index in [1.807, 2.05) is 44.2 Å². The maximum atomic E-state index is 12.6. The monoisotopic (exact) mass is 359 g/mol. The van der Waals surface area contributed by atoms with Gasteiger partial charge in [-0.25, -0.2) is 5.01 Å². The highest BCUT2D eigenvalue weighted by Gasteiger charge is 2.35. The van der Waals surface area contributed by atoms with Gasteiger partial charge in [0.15, 0.2) is 0 Å². The predicted octanol–water partition coefficient (Wildman–Crippen LogP) is 2.17. The van der Waals surface area contributed by atoms with Crippen LogP contribution in [0.3, 0.4) is 0 Å².